The Balaban J connectivity index is 1.80. The second kappa shape index (κ2) is 5.70. The van der Waals surface area contributed by atoms with Crippen molar-refractivity contribution < 1.29 is 14.7 Å². The van der Waals surface area contributed by atoms with E-state index in [0.29, 0.717) is 19.6 Å². The van der Waals surface area contributed by atoms with Gasteiger partial charge in [-0.2, -0.15) is 0 Å². The summed E-state index contributed by atoms with van der Waals surface area (Å²) in [7, 11) is 1.96. The number of likely N-dealkylation sites (N-methyl/N-ethyl adjacent to an activating group) is 1. The van der Waals surface area contributed by atoms with Gasteiger partial charge >= 0.3 is 5.97 Å². The van der Waals surface area contributed by atoms with Gasteiger partial charge in [-0.25, -0.2) is 0 Å². The molecule has 3 rings (SSSR count). The van der Waals surface area contributed by atoms with E-state index in [0.717, 1.165) is 18.7 Å². The van der Waals surface area contributed by atoms with Gasteiger partial charge in [0.2, 0.25) is 5.91 Å². The molecular formula is C16H21N3O3. The molecule has 1 aromatic rings. The Hall–Kier alpha value is -1.92. The highest BCUT2D eigenvalue weighted by Crippen LogP contribution is 2.33. The number of carboxylic acid groups (broad SMARTS) is 1. The van der Waals surface area contributed by atoms with E-state index in [-0.39, 0.29) is 18.0 Å². The van der Waals surface area contributed by atoms with Gasteiger partial charge in [0.25, 0.3) is 0 Å². The molecule has 118 valence electrons. The molecule has 0 bridgehead atoms. The van der Waals surface area contributed by atoms with Crippen LogP contribution in [-0.4, -0.2) is 72.1 Å². The zero-order chi connectivity index (χ0) is 15.7. The fraction of sp³-hybridized carbons (Fsp3) is 0.500. The van der Waals surface area contributed by atoms with Crippen molar-refractivity contribution in [1.29, 1.82) is 0 Å². The highest BCUT2D eigenvalue weighted by atomic mass is 16.4. The minimum absolute atomic E-state index is 0.0644. The number of carbonyl (C=O) groups is 2. The van der Waals surface area contributed by atoms with Crippen molar-refractivity contribution in [2.45, 2.75) is 12.0 Å². The lowest BCUT2D eigenvalue weighted by Crippen LogP contribution is -2.64. The molecule has 2 fully saturated rings. The first-order valence-electron chi connectivity index (χ1n) is 7.51. The van der Waals surface area contributed by atoms with Crippen molar-refractivity contribution in [3.8, 4) is 0 Å². The van der Waals surface area contributed by atoms with Gasteiger partial charge < -0.3 is 10.0 Å². The average molecular weight is 303 g/mol. The maximum atomic E-state index is 12.4. The molecule has 1 aromatic carbocycles. The quantitative estimate of drug-likeness (QED) is 0.881. The van der Waals surface area contributed by atoms with Crippen molar-refractivity contribution >= 4 is 17.6 Å². The molecule has 0 aliphatic carbocycles. The first-order chi connectivity index (χ1) is 10.5. The number of rotatable bonds is 3. The van der Waals surface area contributed by atoms with Crippen LogP contribution in [-0.2, 0) is 9.59 Å². The monoisotopic (exact) mass is 303 g/mol. The van der Waals surface area contributed by atoms with Crippen LogP contribution in [0.1, 0.15) is 6.42 Å². The Morgan fingerprint density at radius 2 is 2.00 bits per heavy atom. The van der Waals surface area contributed by atoms with E-state index in [4.69, 9.17) is 5.11 Å². The van der Waals surface area contributed by atoms with Crippen LogP contribution in [0.3, 0.4) is 0 Å². The Morgan fingerprint density at radius 3 is 2.68 bits per heavy atom. The maximum Gasteiger partial charge on any atom is 0.317 e. The van der Waals surface area contributed by atoms with E-state index < -0.39 is 5.97 Å². The van der Waals surface area contributed by atoms with Crippen molar-refractivity contribution in [2.24, 2.45) is 0 Å². The highest BCUT2D eigenvalue weighted by molar-refractivity contribution is 5.96. The summed E-state index contributed by atoms with van der Waals surface area (Å²) >= 11 is 0. The first kappa shape index (κ1) is 15.0. The van der Waals surface area contributed by atoms with Crippen LogP contribution in [0.5, 0.6) is 0 Å². The summed E-state index contributed by atoms with van der Waals surface area (Å²) in [5.41, 5.74) is 0.760. The molecule has 0 saturated carbocycles. The third-order valence-electron chi connectivity index (χ3n) is 4.77. The molecule has 0 radical (unpaired) electrons. The van der Waals surface area contributed by atoms with E-state index in [2.05, 4.69) is 4.90 Å². The van der Waals surface area contributed by atoms with E-state index in [9.17, 15) is 9.59 Å². The van der Waals surface area contributed by atoms with Gasteiger partial charge in [0.1, 0.15) is 0 Å². The minimum Gasteiger partial charge on any atom is -0.480 e. The topological polar surface area (TPSA) is 64.1 Å². The molecule has 6 nitrogen and oxygen atoms in total. The molecule has 0 aromatic heterocycles. The summed E-state index contributed by atoms with van der Waals surface area (Å²) in [4.78, 5) is 29.2. The normalized spacial score (nSPS) is 26.8. The molecule has 2 aliphatic rings. The average Bonchev–Trinajstić information content (AvgIpc) is 2.87. The number of hydrogen-bond acceptors (Lipinski definition) is 4. The number of likely N-dealkylation sites (tertiary alicyclic amines) is 1. The zero-order valence-corrected chi connectivity index (χ0v) is 12.7. The number of carboxylic acids is 1. The van der Waals surface area contributed by atoms with Crippen LogP contribution in [0.2, 0.25) is 0 Å². The van der Waals surface area contributed by atoms with Gasteiger partial charge in [0.05, 0.1) is 18.6 Å². The number of piperazine rings is 1. The predicted octanol–water partition coefficient (Wildman–Crippen LogP) is 0.494. The van der Waals surface area contributed by atoms with Gasteiger partial charge in [-0.05, 0) is 25.6 Å². The summed E-state index contributed by atoms with van der Waals surface area (Å²) in [6.45, 7) is 2.49. The molecule has 1 amide bonds. The van der Waals surface area contributed by atoms with Crippen LogP contribution in [0.15, 0.2) is 30.3 Å². The summed E-state index contributed by atoms with van der Waals surface area (Å²) in [5, 5.41) is 8.98. The van der Waals surface area contributed by atoms with E-state index in [1.165, 1.54) is 0 Å². The van der Waals surface area contributed by atoms with Crippen molar-refractivity contribution in [1.82, 2.24) is 9.80 Å². The van der Waals surface area contributed by atoms with Crippen molar-refractivity contribution in [3.05, 3.63) is 30.3 Å². The maximum absolute atomic E-state index is 12.4. The molecule has 22 heavy (non-hydrogen) atoms. The third-order valence-corrected chi connectivity index (χ3v) is 4.77. The number of nitrogens with zero attached hydrogens (tertiary/aromatic N) is 3. The second-order valence-electron chi connectivity index (χ2n) is 6.25. The number of amides is 1. The molecule has 2 heterocycles. The van der Waals surface area contributed by atoms with Crippen LogP contribution >= 0.6 is 0 Å². The number of aliphatic carboxylic acids is 1. The molecular weight excluding hydrogens is 282 g/mol. The molecule has 1 unspecified atom stereocenters. The zero-order valence-electron chi connectivity index (χ0n) is 12.7. The van der Waals surface area contributed by atoms with Gasteiger partial charge in [0.15, 0.2) is 0 Å². The number of benzene rings is 1. The minimum atomic E-state index is -0.800. The lowest BCUT2D eigenvalue weighted by Gasteiger charge is -2.47. The summed E-state index contributed by atoms with van der Waals surface area (Å²) in [5.74, 6) is -0.706. The molecule has 1 N–H and O–H groups in total. The Bertz CT molecular complexity index is 577. The van der Waals surface area contributed by atoms with Crippen LogP contribution < -0.4 is 4.90 Å². The summed E-state index contributed by atoms with van der Waals surface area (Å²) in [6.07, 6.45) is 0.882. The summed E-state index contributed by atoms with van der Waals surface area (Å²) < 4.78 is 0. The van der Waals surface area contributed by atoms with E-state index >= 15 is 0 Å². The van der Waals surface area contributed by atoms with Gasteiger partial charge in [-0.3, -0.25) is 19.4 Å². The van der Waals surface area contributed by atoms with Crippen molar-refractivity contribution in [2.75, 3.05) is 44.7 Å². The largest absolute Gasteiger partial charge is 0.480 e. The second-order valence-corrected chi connectivity index (χ2v) is 6.25. The first-order valence-corrected chi connectivity index (χ1v) is 7.51. The lowest BCUT2D eigenvalue weighted by molar-refractivity contribution is -0.138. The Labute approximate surface area is 129 Å². The molecule has 1 spiro atoms. The number of anilines is 1. The molecule has 2 aliphatic heterocycles. The van der Waals surface area contributed by atoms with E-state index in [1.54, 1.807) is 0 Å². The van der Waals surface area contributed by atoms with Crippen LogP contribution in [0.25, 0.3) is 0 Å². The molecule has 6 heteroatoms. The Kier molecular flexibility index (Phi) is 3.88. The fourth-order valence-corrected chi connectivity index (χ4v) is 3.51. The lowest BCUT2D eigenvalue weighted by atomic mass is 9.92. The highest BCUT2D eigenvalue weighted by Gasteiger charge is 2.47. The number of para-hydroxylation sites is 1. The van der Waals surface area contributed by atoms with Crippen molar-refractivity contribution in [3.63, 3.8) is 0 Å². The third kappa shape index (κ3) is 2.71. The van der Waals surface area contributed by atoms with Gasteiger partial charge in [-0.15, -0.1) is 0 Å². The van der Waals surface area contributed by atoms with Crippen LogP contribution in [0, 0.1) is 0 Å². The standard InChI is InChI=1S/C16H21N3O3/c1-17-9-14(20)19(13-5-3-2-4-6-13)12-16(17)7-8-18(11-16)10-15(21)22/h2-6H,7-12H2,1H3,(H,21,22). The fourth-order valence-electron chi connectivity index (χ4n) is 3.51. The number of hydrogen-bond donors (Lipinski definition) is 1. The summed E-state index contributed by atoms with van der Waals surface area (Å²) in [6, 6.07) is 9.68. The predicted molar refractivity (Wildman–Crippen MR) is 82.8 cm³/mol. The number of carbonyl (C=O) groups excluding carboxylic acids is 1. The molecule has 1 atom stereocenters. The van der Waals surface area contributed by atoms with Gasteiger partial charge in [0, 0.05) is 25.3 Å². The van der Waals surface area contributed by atoms with E-state index in [1.807, 2.05) is 47.2 Å². The Morgan fingerprint density at radius 1 is 1.27 bits per heavy atom. The smallest absolute Gasteiger partial charge is 0.317 e. The van der Waals surface area contributed by atoms with Crippen LogP contribution in [0.4, 0.5) is 5.69 Å². The molecule has 2 saturated heterocycles. The van der Waals surface area contributed by atoms with Gasteiger partial charge in [-0.1, -0.05) is 18.2 Å². The SMILES string of the molecule is CN1CC(=O)N(c2ccccc2)CC12CCN(CC(=O)O)C2.